The number of esters is 1. The maximum absolute atomic E-state index is 11.8. The summed E-state index contributed by atoms with van der Waals surface area (Å²) < 4.78 is 10.8. The lowest BCUT2D eigenvalue weighted by Gasteiger charge is -2.27. The summed E-state index contributed by atoms with van der Waals surface area (Å²) in [6, 6.07) is 8.87. The van der Waals surface area contributed by atoms with Gasteiger partial charge in [0.25, 0.3) is 0 Å². The number of hydrogen-bond acceptors (Lipinski definition) is 6. The van der Waals surface area contributed by atoms with Gasteiger partial charge in [0.15, 0.2) is 5.92 Å². The molecule has 2 unspecified atom stereocenters. The number of nitrogens with two attached hydrogens (primary N) is 1. The summed E-state index contributed by atoms with van der Waals surface area (Å²) in [4.78, 5) is 11.8. The zero-order chi connectivity index (χ0) is 15.6. The van der Waals surface area contributed by atoms with E-state index in [1.165, 1.54) is 7.11 Å². The number of nitriles is 2. The number of benzene rings is 1. The lowest BCUT2D eigenvalue weighted by molar-refractivity contribution is -0.143. The average Bonchev–Trinajstić information content (AvgIpc) is 2.48. The Balaban J connectivity index is 2.66. The van der Waals surface area contributed by atoms with E-state index in [4.69, 9.17) is 10.5 Å². The Hall–Kier alpha value is -2.51. The Morgan fingerprint density at radius 3 is 2.81 bits per heavy atom. The summed E-state index contributed by atoms with van der Waals surface area (Å²) in [6.45, 7) is 0. The average molecular weight is 348 g/mol. The molecule has 2 atom stereocenters. The van der Waals surface area contributed by atoms with Crippen LogP contribution in [0.15, 0.2) is 34.1 Å². The minimum Gasteiger partial charge on any atom is -0.468 e. The van der Waals surface area contributed by atoms with E-state index in [1.807, 2.05) is 12.1 Å². The molecule has 2 N–H and O–H groups in total. The second-order valence-corrected chi connectivity index (χ2v) is 5.20. The van der Waals surface area contributed by atoms with Gasteiger partial charge in [-0.05, 0) is 18.2 Å². The minimum atomic E-state index is -1.18. The van der Waals surface area contributed by atoms with E-state index < -0.39 is 17.8 Å². The third-order valence-corrected chi connectivity index (χ3v) is 3.64. The monoisotopic (exact) mass is 347 g/mol. The van der Waals surface area contributed by atoms with Gasteiger partial charge in [0.05, 0.1) is 24.7 Å². The van der Waals surface area contributed by atoms with Crippen molar-refractivity contribution in [1.82, 2.24) is 0 Å². The fourth-order valence-electron chi connectivity index (χ4n) is 2.20. The Labute approximate surface area is 129 Å². The van der Waals surface area contributed by atoms with Crippen molar-refractivity contribution in [2.75, 3.05) is 7.11 Å². The summed E-state index contributed by atoms with van der Waals surface area (Å²) in [5.74, 6) is -2.44. The summed E-state index contributed by atoms with van der Waals surface area (Å²) in [5, 5.41) is 18.6. The summed E-state index contributed by atoms with van der Waals surface area (Å²) in [6.07, 6.45) is 0. The predicted molar refractivity (Wildman–Crippen MR) is 75.5 cm³/mol. The van der Waals surface area contributed by atoms with Gasteiger partial charge >= 0.3 is 5.97 Å². The van der Waals surface area contributed by atoms with Gasteiger partial charge < -0.3 is 15.2 Å². The molecular weight excluding hydrogens is 338 g/mol. The predicted octanol–water partition coefficient (Wildman–Crippen LogP) is 1.93. The first kappa shape index (κ1) is 14.9. The van der Waals surface area contributed by atoms with Gasteiger partial charge in [-0.1, -0.05) is 15.9 Å². The molecular formula is C14H10BrN3O3. The summed E-state index contributed by atoms with van der Waals surface area (Å²) in [5.41, 5.74) is 6.30. The number of rotatable bonds is 2. The van der Waals surface area contributed by atoms with E-state index >= 15 is 0 Å². The molecule has 0 spiro atoms. The number of methoxy groups -OCH3 is 1. The van der Waals surface area contributed by atoms with E-state index in [1.54, 1.807) is 18.2 Å². The summed E-state index contributed by atoms with van der Waals surface area (Å²) in [7, 11) is 1.19. The molecule has 0 aliphatic carbocycles. The first-order chi connectivity index (χ1) is 10.0. The number of allylic oxidation sites excluding steroid dienone is 1. The van der Waals surface area contributed by atoms with Crippen LogP contribution in [0, 0.1) is 28.6 Å². The van der Waals surface area contributed by atoms with E-state index in [2.05, 4.69) is 20.7 Å². The molecule has 0 saturated carbocycles. The van der Waals surface area contributed by atoms with Crippen molar-refractivity contribution < 1.29 is 14.3 Å². The van der Waals surface area contributed by atoms with E-state index in [0.29, 0.717) is 11.3 Å². The third kappa shape index (κ3) is 2.56. The highest BCUT2D eigenvalue weighted by Gasteiger charge is 2.39. The molecule has 1 heterocycles. The number of carbonyl (C=O) groups excluding carboxylic acids is 1. The SMILES string of the molecule is COC(=O)C(C#N)C1C(C#N)=C(N)Oc2ccc(Br)cc21. The quantitative estimate of drug-likeness (QED) is 0.818. The molecule has 2 rings (SSSR count). The van der Waals surface area contributed by atoms with Gasteiger partial charge in [-0.15, -0.1) is 0 Å². The maximum Gasteiger partial charge on any atom is 0.324 e. The first-order valence-corrected chi connectivity index (χ1v) is 6.67. The van der Waals surface area contributed by atoms with Crippen LogP contribution in [0.4, 0.5) is 0 Å². The Bertz CT molecular complexity index is 715. The zero-order valence-electron chi connectivity index (χ0n) is 11.0. The zero-order valence-corrected chi connectivity index (χ0v) is 12.5. The Kier molecular flexibility index (Phi) is 4.15. The highest BCUT2D eigenvalue weighted by molar-refractivity contribution is 9.10. The van der Waals surface area contributed by atoms with Gasteiger partial charge in [0.1, 0.15) is 11.8 Å². The van der Waals surface area contributed by atoms with Gasteiger partial charge in [0, 0.05) is 10.0 Å². The molecule has 1 aliphatic heterocycles. The van der Waals surface area contributed by atoms with E-state index in [-0.39, 0.29) is 11.5 Å². The van der Waals surface area contributed by atoms with Crippen LogP contribution < -0.4 is 10.5 Å². The second-order valence-electron chi connectivity index (χ2n) is 4.28. The molecule has 0 fully saturated rings. The smallest absolute Gasteiger partial charge is 0.324 e. The van der Waals surface area contributed by atoms with Crippen LogP contribution in [0.25, 0.3) is 0 Å². The number of fused-ring (bicyclic) bond motifs is 1. The number of carbonyl (C=O) groups is 1. The molecule has 21 heavy (non-hydrogen) atoms. The van der Waals surface area contributed by atoms with Crippen molar-refractivity contribution in [3.63, 3.8) is 0 Å². The molecule has 0 radical (unpaired) electrons. The lowest BCUT2D eigenvalue weighted by Crippen LogP contribution is -2.29. The van der Waals surface area contributed by atoms with Crippen LogP contribution in [-0.4, -0.2) is 13.1 Å². The van der Waals surface area contributed by atoms with Gasteiger partial charge in [-0.2, -0.15) is 10.5 Å². The normalized spacial score (nSPS) is 17.8. The number of halogens is 1. The molecule has 0 aromatic heterocycles. The van der Waals surface area contributed by atoms with Crippen molar-refractivity contribution in [2.45, 2.75) is 5.92 Å². The number of nitrogens with zero attached hydrogens (tertiary/aromatic N) is 2. The highest BCUT2D eigenvalue weighted by Crippen LogP contribution is 2.43. The van der Waals surface area contributed by atoms with E-state index in [0.717, 1.165) is 4.47 Å². The summed E-state index contributed by atoms with van der Waals surface area (Å²) >= 11 is 3.32. The first-order valence-electron chi connectivity index (χ1n) is 5.88. The fraction of sp³-hybridized carbons (Fsp3) is 0.214. The molecule has 1 aliphatic rings. The third-order valence-electron chi connectivity index (χ3n) is 3.15. The Morgan fingerprint density at radius 1 is 1.52 bits per heavy atom. The van der Waals surface area contributed by atoms with Crippen LogP contribution in [-0.2, 0) is 9.53 Å². The number of ether oxygens (including phenoxy) is 2. The molecule has 1 aromatic carbocycles. The molecule has 6 nitrogen and oxygen atoms in total. The molecule has 0 bridgehead atoms. The molecule has 1 aromatic rings. The topological polar surface area (TPSA) is 109 Å². The Morgan fingerprint density at radius 2 is 2.24 bits per heavy atom. The van der Waals surface area contributed by atoms with Crippen LogP contribution in [0.5, 0.6) is 5.75 Å². The van der Waals surface area contributed by atoms with Crippen molar-refractivity contribution in [3.05, 3.63) is 39.7 Å². The lowest BCUT2D eigenvalue weighted by atomic mass is 9.80. The highest BCUT2D eigenvalue weighted by atomic mass is 79.9. The van der Waals surface area contributed by atoms with Crippen molar-refractivity contribution in [3.8, 4) is 17.9 Å². The van der Waals surface area contributed by atoms with Crippen LogP contribution in [0.1, 0.15) is 11.5 Å². The molecule has 7 heteroatoms. The van der Waals surface area contributed by atoms with Crippen molar-refractivity contribution >= 4 is 21.9 Å². The fourth-order valence-corrected chi connectivity index (χ4v) is 2.58. The van der Waals surface area contributed by atoms with Crippen LogP contribution in [0.3, 0.4) is 0 Å². The standard InChI is InChI=1S/C14H10BrN3O3/c1-20-14(19)10(6-17)12-8-4-7(15)2-3-11(8)21-13(18)9(12)5-16/h2-4,10,12H,18H2,1H3. The molecule has 0 amide bonds. The largest absolute Gasteiger partial charge is 0.468 e. The second kappa shape index (κ2) is 5.86. The van der Waals surface area contributed by atoms with Crippen LogP contribution in [0.2, 0.25) is 0 Å². The van der Waals surface area contributed by atoms with Crippen LogP contribution >= 0.6 is 15.9 Å². The van der Waals surface area contributed by atoms with Gasteiger partial charge in [-0.3, -0.25) is 4.79 Å². The van der Waals surface area contributed by atoms with Gasteiger partial charge in [0.2, 0.25) is 5.88 Å². The van der Waals surface area contributed by atoms with Crippen molar-refractivity contribution in [1.29, 1.82) is 10.5 Å². The molecule has 106 valence electrons. The van der Waals surface area contributed by atoms with Gasteiger partial charge in [-0.25, -0.2) is 0 Å². The van der Waals surface area contributed by atoms with Crippen molar-refractivity contribution in [2.24, 2.45) is 11.7 Å². The number of hydrogen-bond donors (Lipinski definition) is 1. The van der Waals surface area contributed by atoms with E-state index in [9.17, 15) is 15.3 Å². The molecule has 0 saturated heterocycles. The maximum atomic E-state index is 11.8. The minimum absolute atomic E-state index is 0.0394.